The first-order valence-electron chi connectivity index (χ1n) is 6.96. The zero-order chi connectivity index (χ0) is 18.9. The van der Waals surface area contributed by atoms with Crippen LogP contribution in [-0.4, -0.2) is 66.3 Å². The number of rotatable bonds is 10. The molecule has 0 fully saturated rings. The molecule has 4 atom stereocenters. The van der Waals surface area contributed by atoms with Gasteiger partial charge in [0.25, 0.3) is 0 Å². The van der Waals surface area contributed by atoms with Crippen LogP contribution in [-0.2, 0) is 42.9 Å². The van der Waals surface area contributed by atoms with Gasteiger partial charge in [-0.2, -0.15) is 0 Å². The molecule has 0 aromatic carbocycles. The summed E-state index contributed by atoms with van der Waals surface area (Å²) in [4.78, 5) is 55.2. The lowest BCUT2D eigenvalue weighted by Gasteiger charge is -2.18. The summed E-state index contributed by atoms with van der Waals surface area (Å²) in [6.07, 6.45) is -4.72. The highest BCUT2D eigenvalue weighted by molar-refractivity contribution is 5.83. The number of aldehydes is 1. The molecule has 1 N–H and O–H groups in total. The van der Waals surface area contributed by atoms with Gasteiger partial charge in [-0.05, 0) is 20.8 Å². The quantitative estimate of drug-likeness (QED) is 0.311. The molecule has 0 saturated carbocycles. The van der Waals surface area contributed by atoms with Crippen LogP contribution < -0.4 is 0 Å². The molecule has 0 saturated heterocycles. The topological polar surface area (TPSA) is 143 Å². The maximum atomic E-state index is 11.7. The van der Waals surface area contributed by atoms with E-state index in [0.29, 0.717) is 6.29 Å². The van der Waals surface area contributed by atoms with E-state index in [1.54, 1.807) is 0 Å². The van der Waals surface area contributed by atoms with Crippen LogP contribution in [0.4, 0.5) is 0 Å². The zero-order valence-electron chi connectivity index (χ0n) is 13.7. The number of carbonyl (C=O) groups is 5. The molecular formula is C14H20O10. The maximum Gasteiger partial charge on any atom is 0.347 e. The summed E-state index contributed by atoms with van der Waals surface area (Å²) in [5.74, 6) is -4.00. The summed E-state index contributed by atoms with van der Waals surface area (Å²) in [5, 5.41) is 8.62. The maximum absolute atomic E-state index is 11.7. The van der Waals surface area contributed by atoms with E-state index in [4.69, 9.17) is 14.6 Å². The highest BCUT2D eigenvalue weighted by Gasteiger charge is 2.27. The third-order valence-corrected chi connectivity index (χ3v) is 2.58. The van der Waals surface area contributed by atoms with Crippen LogP contribution in [0.3, 0.4) is 0 Å². The number of ether oxygens (including phenoxy) is 4. The summed E-state index contributed by atoms with van der Waals surface area (Å²) in [6, 6.07) is 0. The Morgan fingerprint density at radius 2 is 1.42 bits per heavy atom. The Kier molecular flexibility index (Phi) is 9.25. The standard InChI is InChI=1S/C14H20O10/c1-7(12(17)18)22-14(20)9(3)23-13(19)8(2)21-6-11(5-15)24-10(4)16/h5,7-9,11H,6H2,1-4H3,(H,17,18)/t7-,8-,9-,11?/m0/s1. The van der Waals surface area contributed by atoms with E-state index in [-0.39, 0.29) is 6.61 Å². The highest BCUT2D eigenvalue weighted by atomic mass is 16.6. The second kappa shape index (κ2) is 10.3. The van der Waals surface area contributed by atoms with E-state index in [1.165, 1.54) is 13.8 Å². The monoisotopic (exact) mass is 348 g/mol. The molecule has 10 heteroatoms. The van der Waals surface area contributed by atoms with Gasteiger partial charge in [0.1, 0.15) is 0 Å². The molecule has 0 amide bonds. The van der Waals surface area contributed by atoms with Crippen molar-refractivity contribution in [3.05, 3.63) is 0 Å². The first-order valence-corrected chi connectivity index (χ1v) is 6.96. The molecule has 0 aliphatic heterocycles. The molecule has 0 aliphatic rings. The fraction of sp³-hybridized carbons (Fsp3) is 0.643. The van der Waals surface area contributed by atoms with Gasteiger partial charge in [-0.1, -0.05) is 0 Å². The third kappa shape index (κ3) is 8.22. The smallest absolute Gasteiger partial charge is 0.347 e. The molecule has 0 bridgehead atoms. The Bertz CT molecular complexity index is 486. The lowest BCUT2D eigenvalue weighted by atomic mass is 10.3. The summed E-state index contributed by atoms with van der Waals surface area (Å²) < 4.78 is 19.0. The highest BCUT2D eigenvalue weighted by Crippen LogP contribution is 2.04. The summed E-state index contributed by atoms with van der Waals surface area (Å²) in [5.41, 5.74) is 0. The summed E-state index contributed by atoms with van der Waals surface area (Å²) in [6.45, 7) is 4.40. The van der Waals surface area contributed by atoms with Crippen molar-refractivity contribution < 1.29 is 48.0 Å². The fourth-order valence-electron chi connectivity index (χ4n) is 1.26. The van der Waals surface area contributed by atoms with Gasteiger partial charge >= 0.3 is 23.9 Å². The number of hydrogen-bond donors (Lipinski definition) is 1. The van der Waals surface area contributed by atoms with Crippen LogP contribution >= 0.6 is 0 Å². The van der Waals surface area contributed by atoms with E-state index < -0.39 is 48.3 Å². The number of carbonyl (C=O) groups excluding carboxylic acids is 4. The average molecular weight is 348 g/mol. The Labute approximate surface area is 138 Å². The van der Waals surface area contributed by atoms with E-state index in [1.807, 2.05) is 0 Å². The molecular weight excluding hydrogens is 328 g/mol. The molecule has 0 aliphatic carbocycles. The van der Waals surface area contributed by atoms with Gasteiger partial charge in [-0.3, -0.25) is 9.59 Å². The van der Waals surface area contributed by atoms with Crippen molar-refractivity contribution >= 4 is 30.2 Å². The molecule has 0 spiro atoms. The van der Waals surface area contributed by atoms with Crippen molar-refractivity contribution in [2.45, 2.75) is 52.1 Å². The molecule has 0 rings (SSSR count). The largest absolute Gasteiger partial charge is 0.479 e. The number of carboxylic acids is 1. The lowest BCUT2D eigenvalue weighted by molar-refractivity contribution is -0.180. The number of hydrogen-bond acceptors (Lipinski definition) is 9. The van der Waals surface area contributed by atoms with E-state index in [2.05, 4.69) is 9.47 Å². The summed E-state index contributed by atoms with van der Waals surface area (Å²) in [7, 11) is 0. The van der Waals surface area contributed by atoms with Crippen LogP contribution in [0.2, 0.25) is 0 Å². The van der Waals surface area contributed by atoms with Crippen molar-refractivity contribution in [1.82, 2.24) is 0 Å². The van der Waals surface area contributed by atoms with Crippen molar-refractivity contribution in [3.63, 3.8) is 0 Å². The molecule has 24 heavy (non-hydrogen) atoms. The number of aliphatic carboxylic acids is 1. The SMILES string of the molecule is CC(=O)OC(C=O)CO[C@@H](C)C(=O)O[C@@H](C)C(=O)O[C@@H](C)C(=O)O. The minimum Gasteiger partial charge on any atom is -0.479 e. The van der Waals surface area contributed by atoms with Crippen molar-refractivity contribution in [2.24, 2.45) is 0 Å². The van der Waals surface area contributed by atoms with Gasteiger partial charge in [0.15, 0.2) is 30.7 Å². The van der Waals surface area contributed by atoms with E-state index in [9.17, 15) is 24.0 Å². The van der Waals surface area contributed by atoms with Crippen LogP contribution in [0.15, 0.2) is 0 Å². The zero-order valence-corrected chi connectivity index (χ0v) is 13.7. The number of esters is 3. The molecule has 1 unspecified atom stereocenters. The van der Waals surface area contributed by atoms with Crippen molar-refractivity contribution in [3.8, 4) is 0 Å². The Hall–Kier alpha value is -2.49. The Balaban J connectivity index is 4.38. The molecule has 0 heterocycles. The predicted octanol–water partition coefficient (Wildman–Crippen LogP) is -0.530. The number of carboxylic acid groups (broad SMARTS) is 1. The van der Waals surface area contributed by atoms with Crippen LogP contribution in [0.1, 0.15) is 27.7 Å². The van der Waals surface area contributed by atoms with Crippen LogP contribution in [0.25, 0.3) is 0 Å². The van der Waals surface area contributed by atoms with E-state index >= 15 is 0 Å². The van der Waals surface area contributed by atoms with Crippen LogP contribution in [0, 0.1) is 0 Å². The van der Waals surface area contributed by atoms with Gasteiger partial charge < -0.3 is 24.1 Å². The normalized spacial score (nSPS) is 15.3. The summed E-state index contributed by atoms with van der Waals surface area (Å²) >= 11 is 0. The van der Waals surface area contributed by atoms with Crippen LogP contribution in [0.5, 0.6) is 0 Å². The molecule has 10 nitrogen and oxygen atoms in total. The Morgan fingerprint density at radius 1 is 0.917 bits per heavy atom. The van der Waals surface area contributed by atoms with Gasteiger partial charge in [-0.15, -0.1) is 0 Å². The minimum atomic E-state index is -1.38. The lowest BCUT2D eigenvalue weighted by Crippen LogP contribution is -2.36. The van der Waals surface area contributed by atoms with Gasteiger partial charge in [0.2, 0.25) is 0 Å². The van der Waals surface area contributed by atoms with Crippen molar-refractivity contribution in [1.29, 1.82) is 0 Å². The minimum absolute atomic E-state index is 0.340. The first-order chi connectivity index (χ1) is 11.1. The molecule has 136 valence electrons. The average Bonchev–Trinajstić information content (AvgIpc) is 2.49. The molecule has 0 aromatic rings. The van der Waals surface area contributed by atoms with Gasteiger partial charge in [-0.25, -0.2) is 14.4 Å². The second-order valence-electron chi connectivity index (χ2n) is 4.76. The molecule has 0 aromatic heterocycles. The van der Waals surface area contributed by atoms with E-state index in [0.717, 1.165) is 13.8 Å². The Morgan fingerprint density at radius 3 is 1.88 bits per heavy atom. The fourth-order valence-corrected chi connectivity index (χ4v) is 1.26. The third-order valence-electron chi connectivity index (χ3n) is 2.58. The first kappa shape index (κ1) is 21.5. The second-order valence-corrected chi connectivity index (χ2v) is 4.76. The van der Waals surface area contributed by atoms with Crippen molar-refractivity contribution in [2.75, 3.05) is 6.61 Å². The van der Waals surface area contributed by atoms with Gasteiger partial charge in [0, 0.05) is 6.92 Å². The van der Waals surface area contributed by atoms with Gasteiger partial charge in [0.05, 0.1) is 6.61 Å². The molecule has 0 radical (unpaired) electrons. The predicted molar refractivity (Wildman–Crippen MR) is 75.8 cm³/mol.